The van der Waals surface area contributed by atoms with Crippen molar-refractivity contribution in [3.05, 3.63) is 88.3 Å². The number of carbonyl (C=O) groups excluding carboxylic acids is 1. The van der Waals surface area contributed by atoms with E-state index in [1.54, 1.807) is 43.6 Å². The maximum absolute atomic E-state index is 13.1. The third-order valence-corrected chi connectivity index (χ3v) is 4.96. The Bertz CT molecular complexity index is 1290. The van der Waals surface area contributed by atoms with E-state index in [0.717, 1.165) is 11.3 Å². The lowest BCUT2D eigenvalue weighted by Gasteiger charge is -2.17. The standard InChI is InChI=1S/C24H21N3O3/c1-15-21(28)17-10-7-11-18(23(17)30-22(15)16-8-5-4-6-9-16)24(29)26-19-12-13-25-14-20(19)27(2)3/h4-14H,1-3H3,(H,25,26,29). The summed E-state index contributed by atoms with van der Waals surface area (Å²) in [4.78, 5) is 32.1. The fourth-order valence-corrected chi connectivity index (χ4v) is 3.39. The number of fused-ring (bicyclic) bond motifs is 1. The molecular weight excluding hydrogens is 378 g/mol. The smallest absolute Gasteiger partial charge is 0.259 e. The highest BCUT2D eigenvalue weighted by molar-refractivity contribution is 6.12. The number of hydrogen-bond acceptors (Lipinski definition) is 5. The second-order valence-electron chi connectivity index (χ2n) is 7.17. The molecule has 0 atom stereocenters. The molecule has 0 spiro atoms. The van der Waals surface area contributed by atoms with Crippen molar-refractivity contribution in [1.82, 2.24) is 4.98 Å². The molecule has 0 unspecified atom stereocenters. The summed E-state index contributed by atoms with van der Waals surface area (Å²) in [5.74, 6) is 0.104. The highest BCUT2D eigenvalue weighted by Gasteiger charge is 2.19. The zero-order chi connectivity index (χ0) is 21.3. The van der Waals surface area contributed by atoms with Crippen LogP contribution in [0.3, 0.4) is 0 Å². The van der Waals surface area contributed by atoms with Crippen molar-refractivity contribution >= 4 is 28.3 Å². The Kier molecular flexibility index (Phi) is 5.06. The van der Waals surface area contributed by atoms with Gasteiger partial charge in [0.1, 0.15) is 5.76 Å². The van der Waals surface area contributed by atoms with Crippen molar-refractivity contribution in [2.45, 2.75) is 6.92 Å². The van der Waals surface area contributed by atoms with Gasteiger partial charge >= 0.3 is 0 Å². The molecule has 0 fully saturated rings. The van der Waals surface area contributed by atoms with Gasteiger partial charge in [0.05, 0.1) is 28.5 Å². The van der Waals surface area contributed by atoms with E-state index in [9.17, 15) is 9.59 Å². The monoisotopic (exact) mass is 399 g/mol. The number of pyridine rings is 1. The number of benzene rings is 2. The normalized spacial score (nSPS) is 10.8. The lowest BCUT2D eigenvalue weighted by Crippen LogP contribution is -2.18. The number of nitrogens with zero attached hydrogens (tertiary/aromatic N) is 2. The Morgan fingerprint density at radius 3 is 2.53 bits per heavy atom. The van der Waals surface area contributed by atoms with Gasteiger partial charge in [0.2, 0.25) is 0 Å². The summed E-state index contributed by atoms with van der Waals surface area (Å²) in [7, 11) is 3.75. The van der Waals surface area contributed by atoms with Crippen LogP contribution in [-0.2, 0) is 0 Å². The molecule has 0 saturated heterocycles. The van der Waals surface area contributed by atoms with E-state index in [2.05, 4.69) is 10.3 Å². The van der Waals surface area contributed by atoms with Gasteiger partial charge < -0.3 is 14.6 Å². The van der Waals surface area contributed by atoms with Crippen LogP contribution in [0.5, 0.6) is 0 Å². The minimum absolute atomic E-state index is 0.150. The van der Waals surface area contributed by atoms with Crippen molar-refractivity contribution < 1.29 is 9.21 Å². The molecule has 0 radical (unpaired) electrons. The molecule has 30 heavy (non-hydrogen) atoms. The molecule has 0 aliphatic heterocycles. The predicted molar refractivity (Wildman–Crippen MR) is 119 cm³/mol. The third kappa shape index (κ3) is 3.43. The van der Waals surface area contributed by atoms with Crippen molar-refractivity contribution in [3.8, 4) is 11.3 Å². The number of amides is 1. The molecule has 2 heterocycles. The Balaban J connectivity index is 1.85. The number of rotatable bonds is 4. The first-order valence-corrected chi connectivity index (χ1v) is 9.52. The molecule has 4 rings (SSSR count). The van der Waals surface area contributed by atoms with E-state index in [-0.39, 0.29) is 16.9 Å². The first kappa shape index (κ1) is 19.4. The van der Waals surface area contributed by atoms with E-state index in [1.165, 1.54) is 0 Å². The molecule has 0 aliphatic carbocycles. The lowest BCUT2D eigenvalue weighted by molar-refractivity contribution is 0.102. The maximum Gasteiger partial charge on any atom is 0.259 e. The zero-order valence-corrected chi connectivity index (χ0v) is 17.0. The number of hydrogen-bond donors (Lipinski definition) is 1. The summed E-state index contributed by atoms with van der Waals surface area (Å²) in [6.45, 7) is 1.74. The van der Waals surface area contributed by atoms with Gasteiger partial charge in [-0.3, -0.25) is 14.6 Å². The molecule has 2 aromatic heterocycles. The second-order valence-corrected chi connectivity index (χ2v) is 7.17. The molecule has 0 aliphatic rings. The van der Waals surface area contributed by atoms with Crippen LogP contribution in [0.15, 0.2) is 76.2 Å². The van der Waals surface area contributed by atoms with Gasteiger partial charge in [-0.25, -0.2) is 0 Å². The molecule has 6 heteroatoms. The second kappa shape index (κ2) is 7.83. The fourth-order valence-electron chi connectivity index (χ4n) is 3.39. The van der Waals surface area contributed by atoms with E-state index in [1.807, 2.05) is 49.3 Å². The van der Waals surface area contributed by atoms with Gasteiger partial charge in [0.25, 0.3) is 5.91 Å². The van der Waals surface area contributed by atoms with Crippen LogP contribution in [0.1, 0.15) is 15.9 Å². The molecule has 0 saturated carbocycles. The van der Waals surface area contributed by atoms with Crippen LogP contribution in [-0.4, -0.2) is 25.0 Å². The van der Waals surface area contributed by atoms with Gasteiger partial charge in [-0.15, -0.1) is 0 Å². The third-order valence-electron chi connectivity index (χ3n) is 4.96. The van der Waals surface area contributed by atoms with Crippen molar-refractivity contribution in [2.24, 2.45) is 0 Å². The SMILES string of the molecule is Cc1c(-c2ccccc2)oc2c(C(=O)Nc3ccncc3N(C)C)cccc2c1=O. The topological polar surface area (TPSA) is 75.4 Å². The molecule has 1 N–H and O–H groups in total. The van der Waals surface area contributed by atoms with Crippen LogP contribution in [0.25, 0.3) is 22.3 Å². The number of nitrogens with one attached hydrogen (secondary N) is 1. The summed E-state index contributed by atoms with van der Waals surface area (Å²) in [6, 6.07) is 16.2. The lowest BCUT2D eigenvalue weighted by atomic mass is 10.0. The van der Waals surface area contributed by atoms with Crippen LogP contribution in [0.2, 0.25) is 0 Å². The highest BCUT2D eigenvalue weighted by Crippen LogP contribution is 2.28. The summed E-state index contributed by atoms with van der Waals surface area (Å²) < 4.78 is 6.14. The molecule has 0 bridgehead atoms. The Morgan fingerprint density at radius 1 is 1.03 bits per heavy atom. The average molecular weight is 399 g/mol. The Labute approximate surface area is 173 Å². The zero-order valence-electron chi connectivity index (χ0n) is 17.0. The van der Waals surface area contributed by atoms with Gasteiger partial charge in [0, 0.05) is 31.4 Å². The van der Waals surface area contributed by atoms with Crippen LogP contribution >= 0.6 is 0 Å². The molecule has 150 valence electrons. The first-order chi connectivity index (χ1) is 14.5. The van der Waals surface area contributed by atoms with Gasteiger partial charge in [-0.2, -0.15) is 0 Å². The Morgan fingerprint density at radius 2 is 1.80 bits per heavy atom. The number of anilines is 2. The van der Waals surface area contributed by atoms with E-state index >= 15 is 0 Å². The predicted octanol–water partition coefficient (Wildman–Crippen LogP) is 4.48. The summed E-state index contributed by atoms with van der Waals surface area (Å²) >= 11 is 0. The molecule has 1 amide bonds. The van der Waals surface area contributed by atoms with E-state index in [0.29, 0.717) is 28.0 Å². The summed E-state index contributed by atoms with van der Waals surface area (Å²) in [5, 5.41) is 3.29. The quantitative estimate of drug-likeness (QED) is 0.548. The van der Waals surface area contributed by atoms with Gasteiger partial charge in [-0.05, 0) is 25.1 Å². The van der Waals surface area contributed by atoms with Gasteiger partial charge in [0.15, 0.2) is 11.0 Å². The van der Waals surface area contributed by atoms with Crippen LogP contribution in [0, 0.1) is 6.92 Å². The maximum atomic E-state index is 13.1. The fraction of sp³-hybridized carbons (Fsp3) is 0.125. The minimum atomic E-state index is -0.360. The first-order valence-electron chi connectivity index (χ1n) is 9.52. The molecule has 2 aromatic carbocycles. The molecular formula is C24H21N3O3. The van der Waals surface area contributed by atoms with E-state index < -0.39 is 0 Å². The average Bonchev–Trinajstić information content (AvgIpc) is 2.76. The molecule has 6 nitrogen and oxygen atoms in total. The Hall–Kier alpha value is -3.93. The highest BCUT2D eigenvalue weighted by atomic mass is 16.3. The minimum Gasteiger partial charge on any atom is -0.455 e. The summed E-state index contributed by atoms with van der Waals surface area (Å²) in [6.07, 6.45) is 3.29. The van der Waals surface area contributed by atoms with Crippen LogP contribution in [0.4, 0.5) is 11.4 Å². The number of aromatic nitrogens is 1. The summed E-state index contributed by atoms with van der Waals surface area (Å²) in [5.41, 5.74) is 3.10. The van der Waals surface area contributed by atoms with Crippen molar-refractivity contribution in [3.63, 3.8) is 0 Å². The van der Waals surface area contributed by atoms with E-state index in [4.69, 9.17) is 4.42 Å². The van der Waals surface area contributed by atoms with Gasteiger partial charge in [-0.1, -0.05) is 36.4 Å². The van der Waals surface area contributed by atoms with Crippen molar-refractivity contribution in [2.75, 3.05) is 24.3 Å². The largest absolute Gasteiger partial charge is 0.455 e. The van der Waals surface area contributed by atoms with Crippen LogP contribution < -0.4 is 15.6 Å². The number of para-hydroxylation sites is 1. The molecule has 4 aromatic rings. The van der Waals surface area contributed by atoms with Crippen molar-refractivity contribution in [1.29, 1.82) is 0 Å². The number of carbonyl (C=O) groups is 1.